The first-order valence-corrected chi connectivity index (χ1v) is 7.28. The first-order valence-electron chi connectivity index (χ1n) is 6.90. The van der Waals surface area contributed by atoms with Gasteiger partial charge in [-0.25, -0.2) is 0 Å². The van der Waals surface area contributed by atoms with Crippen molar-refractivity contribution in [3.63, 3.8) is 0 Å². The molecule has 0 fully saturated rings. The zero-order valence-electron chi connectivity index (χ0n) is 12.2. The van der Waals surface area contributed by atoms with Crippen LogP contribution < -0.4 is 10.9 Å². The van der Waals surface area contributed by atoms with E-state index < -0.39 is 11.8 Å². The molecule has 4 nitrogen and oxygen atoms in total. The second-order valence-corrected chi connectivity index (χ2v) is 5.04. The lowest BCUT2D eigenvalue weighted by molar-refractivity contribution is -0.123. The van der Waals surface area contributed by atoms with Crippen LogP contribution in [0.2, 0.25) is 5.02 Å². The molecule has 2 rings (SSSR count). The maximum Gasteiger partial charge on any atom is 0.262 e. The second-order valence-electron chi connectivity index (χ2n) is 4.61. The minimum absolute atomic E-state index is 0.415. The molecule has 2 aromatic carbocycles. The summed E-state index contributed by atoms with van der Waals surface area (Å²) < 4.78 is 0. The van der Waals surface area contributed by atoms with Crippen molar-refractivity contribution in [1.29, 1.82) is 0 Å². The lowest BCUT2D eigenvalue weighted by Gasteiger charge is -2.01. The van der Waals surface area contributed by atoms with Crippen molar-refractivity contribution in [1.82, 2.24) is 10.9 Å². The molecule has 2 amide bonds. The summed E-state index contributed by atoms with van der Waals surface area (Å²) in [5.41, 5.74) is 6.33. The fourth-order valence-electron chi connectivity index (χ4n) is 1.69. The molecule has 0 radical (unpaired) electrons. The Morgan fingerprint density at radius 3 is 1.74 bits per heavy atom. The van der Waals surface area contributed by atoms with Gasteiger partial charge >= 0.3 is 0 Å². The highest BCUT2D eigenvalue weighted by Crippen LogP contribution is 2.10. The lowest BCUT2D eigenvalue weighted by Crippen LogP contribution is -2.39. The van der Waals surface area contributed by atoms with Crippen molar-refractivity contribution >= 4 is 35.6 Å². The number of benzene rings is 2. The van der Waals surface area contributed by atoms with Crippen LogP contribution in [0.4, 0.5) is 0 Å². The van der Waals surface area contributed by atoms with Gasteiger partial charge in [0.15, 0.2) is 0 Å². The van der Waals surface area contributed by atoms with Crippen LogP contribution in [0.1, 0.15) is 11.1 Å². The van der Waals surface area contributed by atoms with Gasteiger partial charge in [-0.05, 0) is 35.4 Å². The molecule has 0 aromatic heterocycles. The molecule has 0 bridgehead atoms. The van der Waals surface area contributed by atoms with Crippen LogP contribution in [-0.4, -0.2) is 11.8 Å². The minimum Gasteiger partial charge on any atom is -0.268 e. The highest BCUT2D eigenvalue weighted by Gasteiger charge is 1.98. The highest BCUT2D eigenvalue weighted by atomic mass is 35.5. The third-order valence-electron chi connectivity index (χ3n) is 2.83. The number of hydrogen-bond donors (Lipinski definition) is 2. The quantitative estimate of drug-likeness (QED) is 0.669. The van der Waals surface area contributed by atoms with Gasteiger partial charge in [-0.1, -0.05) is 54.1 Å². The Labute approximate surface area is 139 Å². The molecule has 0 aliphatic rings. The standard InChI is InChI=1S/C18H15ClN2O2/c19-16-10-6-15(7-11-16)9-13-18(23)21-20-17(22)12-8-14-4-2-1-3-5-14/h1-13H,(H,20,22)(H,21,23)/b12-8?,13-9+. The summed E-state index contributed by atoms with van der Waals surface area (Å²) in [4.78, 5) is 23.2. The Morgan fingerprint density at radius 2 is 1.22 bits per heavy atom. The van der Waals surface area contributed by atoms with Crippen LogP contribution >= 0.6 is 11.6 Å². The average molecular weight is 327 g/mol. The van der Waals surface area contributed by atoms with E-state index in [0.717, 1.165) is 11.1 Å². The normalized spacial score (nSPS) is 10.8. The topological polar surface area (TPSA) is 58.2 Å². The fraction of sp³-hybridized carbons (Fsp3) is 0. The number of rotatable bonds is 4. The number of amides is 2. The average Bonchev–Trinajstić information content (AvgIpc) is 2.58. The van der Waals surface area contributed by atoms with Crippen molar-refractivity contribution in [3.8, 4) is 0 Å². The van der Waals surface area contributed by atoms with Crippen LogP contribution in [-0.2, 0) is 9.59 Å². The van der Waals surface area contributed by atoms with E-state index in [4.69, 9.17) is 11.6 Å². The second kappa shape index (κ2) is 8.56. The Bertz CT molecular complexity index is 722. The summed E-state index contributed by atoms with van der Waals surface area (Å²) in [6.07, 6.45) is 5.95. The summed E-state index contributed by atoms with van der Waals surface area (Å²) in [5, 5.41) is 0.629. The molecule has 0 saturated heterocycles. The molecule has 5 heteroatoms. The molecule has 0 aliphatic carbocycles. The van der Waals surface area contributed by atoms with Gasteiger partial charge < -0.3 is 0 Å². The monoisotopic (exact) mass is 326 g/mol. The van der Waals surface area contributed by atoms with Crippen molar-refractivity contribution in [2.45, 2.75) is 0 Å². The molecular weight excluding hydrogens is 312 g/mol. The molecule has 0 saturated carbocycles. The van der Waals surface area contributed by atoms with E-state index in [1.807, 2.05) is 30.3 Å². The van der Waals surface area contributed by atoms with E-state index in [1.165, 1.54) is 12.2 Å². The number of halogens is 1. The van der Waals surface area contributed by atoms with E-state index in [0.29, 0.717) is 5.02 Å². The third kappa shape index (κ3) is 6.20. The number of hydrogen-bond acceptors (Lipinski definition) is 2. The Morgan fingerprint density at radius 1 is 0.739 bits per heavy atom. The van der Waals surface area contributed by atoms with E-state index in [2.05, 4.69) is 10.9 Å². The van der Waals surface area contributed by atoms with Gasteiger partial charge in [0.25, 0.3) is 11.8 Å². The van der Waals surface area contributed by atoms with E-state index in [1.54, 1.807) is 36.4 Å². The summed E-state index contributed by atoms with van der Waals surface area (Å²) in [6.45, 7) is 0. The zero-order chi connectivity index (χ0) is 16.5. The molecule has 116 valence electrons. The molecular formula is C18H15ClN2O2. The number of carbonyl (C=O) groups is 2. The van der Waals surface area contributed by atoms with Crippen molar-refractivity contribution in [3.05, 3.63) is 82.9 Å². The molecule has 0 atom stereocenters. The molecule has 0 aliphatic heterocycles. The van der Waals surface area contributed by atoms with E-state index >= 15 is 0 Å². The first-order chi connectivity index (χ1) is 11.1. The smallest absolute Gasteiger partial charge is 0.262 e. The van der Waals surface area contributed by atoms with Crippen LogP contribution in [0.3, 0.4) is 0 Å². The van der Waals surface area contributed by atoms with Crippen LogP contribution in [0, 0.1) is 0 Å². The Kier molecular flexibility index (Phi) is 6.15. The van der Waals surface area contributed by atoms with E-state index in [-0.39, 0.29) is 0 Å². The predicted octanol–water partition coefficient (Wildman–Crippen LogP) is 3.21. The molecule has 0 unspecified atom stereocenters. The third-order valence-corrected chi connectivity index (χ3v) is 3.08. The predicted molar refractivity (Wildman–Crippen MR) is 92.2 cm³/mol. The maximum absolute atomic E-state index is 11.6. The summed E-state index contributed by atoms with van der Waals surface area (Å²) in [6, 6.07) is 16.4. The molecule has 2 aromatic rings. The van der Waals surface area contributed by atoms with Gasteiger partial charge in [0, 0.05) is 17.2 Å². The Balaban J connectivity index is 1.78. The molecule has 0 spiro atoms. The number of hydrazine groups is 1. The van der Waals surface area contributed by atoms with Gasteiger partial charge in [-0.2, -0.15) is 0 Å². The van der Waals surface area contributed by atoms with Crippen LogP contribution in [0.5, 0.6) is 0 Å². The maximum atomic E-state index is 11.6. The summed E-state index contributed by atoms with van der Waals surface area (Å²) in [5.74, 6) is -0.844. The van der Waals surface area contributed by atoms with Crippen LogP contribution in [0.25, 0.3) is 12.2 Å². The largest absolute Gasteiger partial charge is 0.268 e. The first kappa shape index (κ1) is 16.5. The number of nitrogens with one attached hydrogen (secondary N) is 2. The number of carbonyl (C=O) groups excluding carboxylic acids is 2. The van der Waals surface area contributed by atoms with Gasteiger partial charge in [-0.15, -0.1) is 0 Å². The van der Waals surface area contributed by atoms with Gasteiger partial charge in [0.05, 0.1) is 0 Å². The van der Waals surface area contributed by atoms with Crippen LogP contribution in [0.15, 0.2) is 66.7 Å². The van der Waals surface area contributed by atoms with Crippen molar-refractivity contribution in [2.24, 2.45) is 0 Å². The van der Waals surface area contributed by atoms with Gasteiger partial charge in [0.2, 0.25) is 0 Å². The van der Waals surface area contributed by atoms with E-state index in [9.17, 15) is 9.59 Å². The summed E-state index contributed by atoms with van der Waals surface area (Å²) >= 11 is 5.78. The van der Waals surface area contributed by atoms with Gasteiger partial charge in [-0.3, -0.25) is 20.4 Å². The highest BCUT2D eigenvalue weighted by molar-refractivity contribution is 6.30. The van der Waals surface area contributed by atoms with Crippen molar-refractivity contribution in [2.75, 3.05) is 0 Å². The van der Waals surface area contributed by atoms with Gasteiger partial charge in [0.1, 0.15) is 0 Å². The zero-order valence-corrected chi connectivity index (χ0v) is 13.0. The fourth-order valence-corrected chi connectivity index (χ4v) is 1.81. The summed E-state index contributed by atoms with van der Waals surface area (Å²) in [7, 11) is 0. The molecule has 0 heterocycles. The van der Waals surface area contributed by atoms with Crippen molar-refractivity contribution < 1.29 is 9.59 Å². The lowest BCUT2D eigenvalue weighted by atomic mass is 10.2. The molecule has 23 heavy (non-hydrogen) atoms. The Hall–Kier alpha value is -2.85. The molecule has 2 N–H and O–H groups in total. The minimum atomic E-state index is -0.429. The SMILES string of the molecule is O=C(C=Cc1ccccc1)NNC(=O)/C=C/c1ccc(Cl)cc1.